The maximum Gasteiger partial charge on any atom is 0.256 e. The summed E-state index contributed by atoms with van der Waals surface area (Å²) in [4.78, 5) is 0. The summed E-state index contributed by atoms with van der Waals surface area (Å²) in [6, 6.07) is 0. The Morgan fingerprint density at radius 3 is 1.40 bits per heavy atom. The molecule has 4 nitrogen and oxygen atoms in total. The highest BCUT2D eigenvalue weighted by molar-refractivity contribution is 8.96. The average molecular weight is 451 g/mol. The Labute approximate surface area is 169 Å². The zero-order valence-electron chi connectivity index (χ0n) is 16.4. The third-order valence-electron chi connectivity index (χ3n) is 3.01. The van der Waals surface area contributed by atoms with Crippen LogP contribution in [0.4, 0.5) is 0 Å². The van der Waals surface area contributed by atoms with Gasteiger partial charge in [-0.25, -0.2) is 0 Å². The Hall–Kier alpha value is 1.49. The molecule has 0 rings (SSSR count). The van der Waals surface area contributed by atoms with Gasteiger partial charge in [-0.3, -0.25) is 0 Å². The molecule has 25 heavy (non-hydrogen) atoms. The lowest BCUT2D eigenvalue weighted by Gasteiger charge is -2.28. The van der Waals surface area contributed by atoms with E-state index in [1.807, 2.05) is 0 Å². The molecule has 0 bridgehead atoms. The lowest BCUT2D eigenvalue weighted by molar-refractivity contribution is 0.233. The van der Waals surface area contributed by atoms with Gasteiger partial charge >= 0.3 is 0 Å². The largest absolute Gasteiger partial charge is 0.321 e. The van der Waals surface area contributed by atoms with Gasteiger partial charge in [-0.15, -0.1) is 0 Å². The zero-order valence-corrected chi connectivity index (χ0v) is 20.6. The molecule has 0 aromatic heterocycles. The fraction of sp³-hybridized carbons (Fsp3) is 1.00. The summed E-state index contributed by atoms with van der Waals surface area (Å²) in [7, 11) is 0. The van der Waals surface area contributed by atoms with Crippen LogP contribution in [0.3, 0.4) is 0 Å². The fourth-order valence-corrected chi connectivity index (χ4v) is 16.4. The van der Waals surface area contributed by atoms with E-state index in [2.05, 4.69) is 34.6 Å². The van der Waals surface area contributed by atoms with E-state index in [-0.39, 0.29) is 0 Å². The van der Waals surface area contributed by atoms with E-state index in [0.717, 1.165) is 38.5 Å². The van der Waals surface area contributed by atoms with E-state index < -0.39 is 11.4 Å². The predicted octanol–water partition coefficient (Wildman–Crippen LogP) is 7.29. The first-order valence-corrected chi connectivity index (χ1v) is 16.6. The van der Waals surface area contributed by atoms with Gasteiger partial charge in [0.1, 0.15) is 0 Å². The molecule has 0 amide bonds. The van der Waals surface area contributed by atoms with Gasteiger partial charge in [-0.2, -0.15) is 0 Å². The van der Waals surface area contributed by atoms with Crippen molar-refractivity contribution in [2.24, 2.45) is 5.92 Å². The monoisotopic (exact) mass is 450 g/mol. The molecule has 152 valence electrons. The molecular formula is C16H36O4P2S3. The van der Waals surface area contributed by atoms with E-state index >= 15 is 0 Å². The van der Waals surface area contributed by atoms with Gasteiger partial charge in [-0.05, 0) is 48.8 Å². The van der Waals surface area contributed by atoms with Crippen molar-refractivity contribution in [1.82, 2.24) is 0 Å². The molecule has 0 aromatic rings. The summed E-state index contributed by atoms with van der Waals surface area (Å²) in [6.45, 7) is 12.9. The Balaban J connectivity index is 5.04. The van der Waals surface area contributed by atoms with Crippen LogP contribution in [0.25, 0.3) is 0 Å². The van der Waals surface area contributed by atoms with Gasteiger partial charge in [0.2, 0.25) is 0 Å². The normalized spacial score (nSPS) is 14.8. The number of hydrogen-bond donors (Lipinski definition) is 0. The smallest absolute Gasteiger partial charge is 0.256 e. The summed E-state index contributed by atoms with van der Waals surface area (Å²) >= 11 is 12.9. The molecule has 0 spiro atoms. The second-order valence-corrected chi connectivity index (χ2v) is 18.3. The summed E-state index contributed by atoms with van der Waals surface area (Å²) in [5.74, 6) is 0.387. The van der Waals surface area contributed by atoms with Crippen LogP contribution in [-0.2, 0) is 41.7 Å². The Morgan fingerprint density at radius 2 is 1.08 bits per heavy atom. The molecule has 0 saturated heterocycles. The van der Waals surface area contributed by atoms with Crippen LogP contribution in [0.1, 0.15) is 73.1 Å². The van der Waals surface area contributed by atoms with E-state index in [0.29, 0.717) is 32.3 Å². The minimum absolute atomic E-state index is 0.387. The second kappa shape index (κ2) is 15.4. The van der Waals surface area contributed by atoms with Crippen molar-refractivity contribution in [3.8, 4) is 0 Å². The topological polar surface area (TPSA) is 36.9 Å². The van der Waals surface area contributed by atoms with Crippen molar-refractivity contribution in [3.63, 3.8) is 0 Å². The summed E-state index contributed by atoms with van der Waals surface area (Å²) in [5.41, 5.74) is -5.14. The molecule has 0 aliphatic carbocycles. The lowest BCUT2D eigenvalue weighted by atomic mass is 10.2. The van der Waals surface area contributed by atoms with Crippen LogP contribution in [0, 0.1) is 5.92 Å². The molecule has 0 aromatic carbocycles. The van der Waals surface area contributed by atoms with Crippen molar-refractivity contribution >= 4 is 46.0 Å². The van der Waals surface area contributed by atoms with Crippen molar-refractivity contribution in [1.29, 1.82) is 0 Å². The van der Waals surface area contributed by atoms with Crippen LogP contribution in [0.2, 0.25) is 0 Å². The third kappa shape index (κ3) is 14.2. The first-order chi connectivity index (χ1) is 11.8. The maximum atomic E-state index is 6.01. The minimum Gasteiger partial charge on any atom is -0.321 e. The quantitative estimate of drug-likeness (QED) is 0.170. The molecule has 0 radical (unpaired) electrons. The standard InChI is InChI=1S/C16H36O4P2S3/c1-6-9-12-17-21(23,18-13-10-7-2)25-22(24,19-14-11-8-3)20-15-16(4)5/h16H,6-15H2,1-5H3. The number of hydrogen-bond acceptors (Lipinski definition) is 7. The van der Waals surface area contributed by atoms with Gasteiger partial charge in [0, 0.05) is 11.0 Å². The molecule has 0 N–H and O–H groups in total. The summed E-state index contributed by atoms with van der Waals surface area (Å²) < 4.78 is 24.0. The third-order valence-corrected chi connectivity index (χ3v) is 16.3. The fourth-order valence-electron chi connectivity index (χ4n) is 1.49. The molecule has 0 heterocycles. The van der Waals surface area contributed by atoms with Crippen molar-refractivity contribution in [2.45, 2.75) is 73.1 Å². The van der Waals surface area contributed by atoms with E-state index in [4.69, 9.17) is 41.7 Å². The van der Waals surface area contributed by atoms with Gasteiger partial charge in [-0.1, -0.05) is 53.9 Å². The molecule has 0 saturated carbocycles. The zero-order chi connectivity index (χ0) is 19.2. The molecule has 0 fully saturated rings. The summed E-state index contributed by atoms with van der Waals surface area (Å²) in [5, 5.41) is 0. The Bertz CT molecular complexity index is 408. The van der Waals surface area contributed by atoms with Gasteiger partial charge in [0.05, 0.1) is 26.4 Å². The van der Waals surface area contributed by atoms with Crippen LogP contribution in [0.15, 0.2) is 0 Å². The van der Waals surface area contributed by atoms with Gasteiger partial charge in [0.15, 0.2) is 0 Å². The van der Waals surface area contributed by atoms with Crippen LogP contribution < -0.4 is 0 Å². The van der Waals surface area contributed by atoms with E-state index in [9.17, 15) is 0 Å². The van der Waals surface area contributed by atoms with Crippen molar-refractivity contribution in [2.75, 3.05) is 26.4 Å². The van der Waals surface area contributed by atoms with Crippen molar-refractivity contribution < 1.29 is 18.1 Å². The van der Waals surface area contributed by atoms with Crippen LogP contribution >= 0.6 is 22.4 Å². The van der Waals surface area contributed by atoms with Crippen LogP contribution in [0.5, 0.6) is 0 Å². The van der Waals surface area contributed by atoms with Gasteiger partial charge in [0.25, 0.3) is 11.4 Å². The second-order valence-electron chi connectivity index (χ2n) is 6.23. The first-order valence-electron chi connectivity index (χ1n) is 9.30. The van der Waals surface area contributed by atoms with E-state index in [1.165, 1.54) is 11.0 Å². The number of unbranched alkanes of at least 4 members (excludes halogenated alkanes) is 3. The van der Waals surface area contributed by atoms with Crippen LogP contribution in [-0.4, -0.2) is 26.4 Å². The highest BCUT2D eigenvalue weighted by Gasteiger charge is 2.33. The highest BCUT2D eigenvalue weighted by atomic mass is 33.2. The van der Waals surface area contributed by atoms with Gasteiger partial charge < -0.3 is 18.1 Å². The summed E-state index contributed by atoms with van der Waals surface area (Å²) in [6.07, 6.45) is 6.05. The predicted molar refractivity (Wildman–Crippen MR) is 120 cm³/mol. The van der Waals surface area contributed by atoms with Crippen molar-refractivity contribution in [3.05, 3.63) is 0 Å². The van der Waals surface area contributed by atoms with E-state index in [1.54, 1.807) is 0 Å². The number of rotatable bonds is 17. The molecule has 1 unspecified atom stereocenters. The molecule has 0 aliphatic heterocycles. The Morgan fingerprint density at radius 1 is 0.720 bits per heavy atom. The minimum atomic E-state index is -2.58. The first kappa shape index (κ1) is 26.5. The highest BCUT2D eigenvalue weighted by Crippen LogP contribution is 2.79. The SMILES string of the molecule is CCCCOP(=S)(OCCCC)SP(=S)(OCCCC)OCC(C)C. The Kier molecular flexibility index (Phi) is 16.3. The molecule has 1 atom stereocenters. The molecule has 9 heteroatoms. The maximum absolute atomic E-state index is 6.01. The molecular weight excluding hydrogens is 414 g/mol. The lowest BCUT2D eigenvalue weighted by Crippen LogP contribution is -2.03. The average Bonchev–Trinajstić information content (AvgIpc) is 2.54. The molecule has 0 aliphatic rings.